The van der Waals surface area contributed by atoms with E-state index in [9.17, 15) is 4.39 Å². The smallest absolute Gasteiger partial charge is 0.133 e. The molecule has 1 atom stereocenters. The lowest BCUT2D eigenvalue weighted by Gasteiger charge is -2.14. The second-order valence-corrected chi connectivity index (χ2v) is 6.25. The van der Waals surface area contributed by atoms with Crippen LogP contribution in [0.1, 0.15) is 17.2 Å². The van der Waals surface area contributed by atoms with Gasteiger partial charge >= 0.3 is 0 Å². The predicted octanol–water partition coefficient (Wildman–Crippen LogP) is 4.60. The average Bonchev–Trinajstić information content (AvgIpc) is 2.37. The molecule has 2 rings (SSSR count). The van der Waals surface area contributed by atoms with Crippen molar-refractivity contribution in [2.45, 2.75) is 12.5 Å². The van der Waals surface area contributed by atoms with Crippen LogP contribution >= 0.6 is 31.9 Å². The molecule has 20 heavy (non-hydrogen) atoms. The van der Waals surface area contributed by atoms with Crippen molar-refractivity contribution in [3.8, 4) is 5.75 Å². The molecule has 0 aliphatic carbocycles. The first kappa shape index (κ1) is 15.5. The van der Waals surface area contributed by atoms with Crippen LogP contribution in [-0.4, -0.2) is 7.11 Å². The molecular formula is C15H14Br2FNO. The normalized spacial score (nSPS) is 12.2. The summed E-state index contributed by atoms with van der Waals surface area (Å²) >= 11 is 6.72. The van der Waals surface area contributed by atoms with Gasteiger partial charge in [0.15, 0.2) is 0 Å². The Bertz CT molecular complexity index is 599. The van der Waals surface area contributed by atoms with Crippen LogP contribution in [0.4, 0.5) is 4.39 Å². The third-order valence-corrected chi connectivity index (χ3v) is 4.06. The number of rotatable bonds is 4. The Labute approximate surface area is 134 Å². The summed E-state index contributed by atoms with van der Waals surface area (Å²) in [6.07, 6.45) is 0.565. The summed E-state index contributed by atoms with van der Waals surface area (Å²) in [5, 5.41) is 0. The van der Waals surface area contributed by atoms with Crippen LogP contribution in [0.3, 0.4) is 0 Å². The molecule has 0 aliphatic rings. The number of halogens is 3. The quantitative estimate of drug-likeness (QED) is 0.810. The number of benzene rings is 2. The first-order valence-corrected chi connectivity index (χ1v) is 7.62. The van der Waals surface area contributed by atoms with Gasteiger partial charge in [-0.15, -0.1) is 0 Å². The molecule has 2 N–H and O–H groups in total. The van der Waals surface area contributed by atoms with Gasteiger partial charge in [-0.1, -0.05) is 22.0 Å². The summed E-state index contributed by atoms with van der Waals surface area (Å²) in [5.74, 6) is 0.493. The fraction of sp³-hybridized carbons (Fsp3) is 0.200. The van der Waals surface area contributed by atoms with Gasteiger partial charge in [0, 0.05) is 10.5 Å². The first-order chi connectivity index (χ1) is 9.49. The van der Waals surface area contributed by atoms with Crippen LogP contribution in [0.2, 0.25) is 0 Å². The Morgan fingerprint density at radius 2 is 1.95 bits per heavy atom. The highest BCUT2D eigenvalue weighted by atomic mass is 79.9. The molecule has 0 saturated heterocycles. The van der Waals surface area contributed by atoms with E-state index in [-0.39, 0.29) is 11.9 Å². The summed E-state index contributed by atoms with van der Waals surface area (Å²) in [6, 6.07) is 10.3. The molecule has 1 unspecified atom stereocenters. The van der Waals surface area contributed by atoms with Crippen molar-refractivity contribution >= 4 is 31.9 Å². The summed E-state index contributed by atoms with van der Waals surface area (Å²) in [7, 11) is 1.62. The van der Waals surface area contributed by atoms with Crippen molar-refractivity contribution in [2.75, 3.05) is 7.11 Å². The molecule has 2 aromatic rings. The lowest BCUT2D eigenvalue weighted by Crippen LogP contribution is -2.13. The first-order valence-electron chi connectivity index (χ1n) is 6.03. The van der Waals surface area contributed by atoms with E-state index >= 15 is 0 Å². The number of nitrogens with two attached hydrogens (primary N) is 1. The molecule has 0 amide bonds. The van der Waals surface area contributed by atoms with Gasteiger partial charge in [-0.05, 0) is 63.8 Å². The van der Waals surface area contributed by atoms with Gasteiger partial charge < -0.3 is 10.5 Å². The zero-order chi connectivity index (χ0) is 14.7. The Hall–Kier alpha value is -0.910. The topological polar surface area (TPSA) is 35.2 Å². The van der Waals surface area contributed by atoms with Gasteiger partial charge in [0.05, 0.1) is 11.6 Å². The zero-order valence-electron chi connectivity index (χ0n) is 10.9. The van der Waals surface area contributed by atoms with E-state index in [1.165, 1.54) is 12.1 Å². The van der Waals surface area contributed by atoms with Crippen LogP contribution in [-0.2, 0) is 6.42 Å². The van der Waals surface area contributed by atoms with Crippen molar-refractivity contribution in [2.24, 2.45) is 5.73 Å². The number of methoxy groups -OCH3 is 1. The number of hydrogen-bond donors (Lipinski definition) is 1. The minimum atomic E-state index is -0.266. The predicted molar refractivity (Wildman–Crippen MR) is 85.4 cm³/mol. The molecule has 0 heterocycles. The van der Waals surface area contributed by atoms with Crippen LogP contribution in [0.15, 0.2) is 45.3 Å². The fourth-order valence-electron chi connectivity index (χ4n) is 2.01. The molecule has 0 spiro atoms. The van der Waals surface area contributed by atoms with E-state index in [4.69, 9.17) is 10.5 Å². The second-order valence-electron chi connectivity index (χ2n) is 4.48. The summed E-state index contributed by atoms with van der Waals surface area (Å²) in [4.78, 5) is 0. The summed E-state index contributed by atoms with van der Waals surface area (Å²) < 4.78 is 20.1. The van der Waals surface area contributed by atoms with E-state index in [0.717, 1.165) is 25.8 Å². The average molecular weight is 403 g/mol. The largest absolute Gasteiger partial charge is 0.496 e. The third-order valence-electron chi connectivity index (χ3n) is 2.98. The van der Waals surface area contributed by atoms with Gasteiger partial charge in [0.25, 0.3) is 0 Å². The monoisotopic (exact) mass is 401 g/mol. The molecule has 0 aliphatic heterocycles. The van der Waals surface area contributed by atoms with Crippen LogP contribution < -0.4 is 10.5 Å². The lowest BCUT2D eigenvalue weighted by atomic mass is 9.99. The molecule has 0 bridgehead atoms. The fourth-order valence-corrected chi connectivity index (χ4v) is 3.08. The highest BCUT2D eigenvalue weighted by Gasteiger charge is 2.11. The van der Waals surface area contributed by atoms with Gasteiger partial charge in [-0.25, -0.2) is 4.39 Å². The standard InChI is InChI=1S/C15H14Br2FNO/c1-20-15-3-2-10(7-13(15)17)14(19)6-9-4-11(16)8-12(18)5-9/h2-5,7-8,14H,6,19H2,1H3. The van der Waals surface area contributed by atoms with E-state index in [2.05, 4.69) is 31.9 Å². The molecule has 0 aromatic heterocycles. The SMILES string of the molecule is COc1ccc(C(N)Cc2cc(F)cc(Br)c2)cc1Br. The van der Waals surface area contributed by atoms with Crippen molar-refractivity contribution < 1.29 is 9.13 Å². The van der Waals surface area contributed by atoms with Crippen molar-refractivity contribution in [1.29, 1.82) is 0 Å². The van der Waals surface area contributed by atoms with Crippen LogP contribution in [0.25, 0.3) is 0 Å². The van der Waals surface area contributed by atoms with Crippen molar-refractivity contribution in [3.05, 3.63) is 62.3 Å². The van der Waals surface area contributed by atoms with Crippen molar-refractivity contribution in [1.82, 2.24) is 0 Å². The molecule has 106 valence electrons. The second kappa shape index (κ2) is 6.70. The molecule has 0 fully saturated rings. The minimum absolute atomic E-state index is 0.203. The maximum absolute atomic E-state index is 13.3. The Balaban J connectivity index is 2.19. The van der Waals surface area contributed by atoms with Gasteiger partial charge in [0.2, 0.25) is 0 Å². The highest BCUT2D eigenvalue weighted by molar-refractivity contribution is 9.10. The Morgan fingerprint density at radius 1 is 1.20 bits per heavy atom. The molecule has 0 radical (unpaired) electrons. The maximum Gasteiger partial charge on any atom is 0.133 e. The zero-order valence-corrected chi connectivity index (χ0v) is 14.0. The third kappa shape index (κ3) is 3.81. The van der Waals surface area contributed by atoms with E-state index < -0.39 is 0 Å². The van der Waals surface area contributed by atoms with Gasteiger partial charge in [-0.3, -0.25) is 0 Å². The molecule has 5 heteroatoms. The Kier molecular flexibility index (Phi) is 5.18. The lowest BCUT2D eigenvalue weighted by molar-refractivity contribution is 0.412. The highest BCUT2D eigenvalue weighted by Crippen LogP contribution is 2.29. The summed E-state index contributed by atoms with van der Waals surface area (Å²) in [6.45, 7) is 0. The molecule has 2 nitrogen and oxygen atoms in total. The van der Waals surface area contributed by atoms with E-state index in [1.807, 2.05) is 24.3 Å². The van der Waals surface area contributed by atoms with Gasteiger partial charge in [-0.2, -0.15) is 0 Å². The van der Waals surface area contributed by atoms with Gasteiger partial charge in [0.1, 0.15) is 11.6 Å². The van der Waals surface area contributed by atoms with Crippen LogP contribution in [0.5, 0.6) is 5.75 Å². The maximum atomic E-state index is 13.3. The Morgan fingerprint density at radius 3 is 2.55 bits per heavy atom. The number of hydrogen-bond acceptors (Lipinski definition) is 2. The minimum Gasteiger partial charge on any atom is -0.496 e. The van der Waals surface area contributed by atoms with E-state index in [0.29, 0.717) is 6.42 Å². The molecular weight excluding hydrogens is 389 g/mol. The molecule has 2 aromatic carbocycles. The summed E-state index contributed by atoms with van der Waals surface area (Å²) in [5.41, 5.74) is 8.02. The number of ether oxygens (including phenoxy) is 1. The van der Waals surface area contributed by atoms with Crippen molar-refractivity contribution in [3.63, 3.8) is 0 Å². The molecule has 0 saturated carbocycles. The van der Waals surface area contributed by atoms with Crippen LogP contribution in [0, 0.1) is 5.82 Å². The van der Waals surface area contributed by atoms with E-state index in [1.54, 1.807) is 7.11 Å².